The van der Waals surface area contributed by atoms with Crippen LogP contribution >= 0.6 is 0 Å². The average Bonchev–Trinajstić information content (AvgIpc) is 2.83. The van der Waals surface area contributed by atoms with Gasteiger partial charge >= 0.3 is 0 Å². The first-order chi connectivity index (χ1) is 15.1. The van der Waals surface area contributed by atoms with Crippen LogP contribution in [-0.4, -0.2) is 27.2 Å². The van der Waals surface area contributed by atoms with Crippen molar-refractivity contribution in [2.75, 3.05) is 21.3 Å². The van der Waals surface area contributed by atoms with Crippen molar-refractivity contribution in [2.24, 2.45) is 0 Å². The molecule has 0 saturated heterocycles. The lowest BCUT2D eigenvalue weighted by Crippen LogP contribution is -2.30. The Bertz CT molecular complexity index is 1000. The molecule has 3 aromatic carbocycles. The highest BCUT2D eigenvalue weighted by molar-refractivity contribution is 5.94. The lowest BCUT2D eigenvalue weighted by atomic mass is 9.92. The molecule has 3 rings (SSSR count). The van der Waals surface area contributed by atoms with Crippen LogP contribution in [0.2, 0.25) is 0 Å². The highest BCUT2D eigenvalue weighted by Crippen LogP contribution is 2.35. The van der Waals surface area contributed by atoms with Gasteiger partial charge in [-0.25, -0.2) is 0 Å². The number of rotatable bonds is 9. The van der Waals surface area contributed by atoms with Gasteiger partial charge in [0.25, 0.3) is 5.91 Å². The summed E-state index contributed by atoms with van der Waals surface area (Å²) in [4.78, 5) is 13.1. The third kappa shape index (κ3) is 5.37. The smallest absolute Gasteiger partial charge is 0.251 e. The first-order valence-electron chi connectivity index (χ1n) is 10.3. The minimum Gasteiger partial charge on any atom is -0.497 e. The number of methoxy groups -OCH3 is 3. The lowest BCUT2D eigenvalue weighted by molar-refractivity contribution is 0.0936. The molecule has 0 aliphatic rings. The van der Waals surface area contributed by atoms with Crippen molar-refractivity contribution in [3.63, 3.8) is 0 Å². The highest BCUT2D eigenvalue weighted by atomic mass is 16.5. The molecule has 0 fully saturated rings. The normalized spacial score (nSPS) is 11.5. The number of carbonyl (C=O) groups excluding carboxylic acids is 1. The fraction of sp³-hybridized carbons (Fsp3) is 0.269. The van der Waals surface area contributed by atoms with E-state index in [9.17, 15) is 4.79 Å². The average molecular weight is 420 g/mol. The van der Waals surface area contributed by atoms with Crippen LogP contribution in [0.4, 0.5) is 0 Å². The third-order valence-corrected chi connectivity index (χ3v) is 5.34. The van der Waals surface area contributed by atoms with E-state index in [-0.39, 0.29) is 11.9 Å². The van der Waals surface area contributed by atoms with E-state index in [0.717, 1.165) is 23.1 Å². The Morgan fingerprint density at radius 2 is 1.52 bits per heavy atom. The molecule has 3 aromatic rings. The number of nitrogens with one attached hydrogen (secondary N) is 1. The van der Waals surface area contributed by atoms with Crippen molar-refractivity contribution >= 4 is 5.91 Å². The Morgan fingerprint density at radius 3 is 2.10 bits per heavy atom. The summed E-state index contributed by atoms with van der Waals surface area (Å²) in [5, 5.41) is 3.22. The van der Waals surface area contributed by atoms with E-state index in [1.165, 1.54) is 0 Å². The van der Waals surface area contributed by atoms with Gasteiger partial charge in [0.2, 0.25) is 0 Å². The Hall–Kier alpha value is -3.47. The van der Waals surface area contributed by atoms with E-state index in [2.05, 4.69) is 24.4 Å². The van der Waals surface area contributed by atoms with Gasteiger partial charge < -0.3 is 19.5 Å². The van der Waals surface area contributed by atoms with Gasteiger partial charge in [-0.2, -0.15) is 0 Å². The van der Waals surface area contributed by atoms with Crippen molar-refractivity contribution in [2.45, 2.75) is 25.8 Å². The number of carbonyl (C=O) groups is 1. The SMILES string of the molecule is CCc1cc(OC)c(OC)cc1[C@H](Cc1ccccc1)NC(=O)c1ccc(OC)cc1. The number of ether oxygens (including phenoxy) is 3. The summed E-state index contributed by atoms with van der Waals surface area (Å²) < 4.78 is 16.2. The van der Waals surface area contributed by atoms with Gasteiger partial charge in [0.1, 0.15) is 5.75 Å². The zero-order valence-corrected chi connectivity index (χ0v) is 18.5. The fourth-order valence-electron chi connectivity index (χ4n) is 3.64. The maximum absolute atomic E-state index is 13.1. The predicted molar refractivity (Wildman–Crippen MR) is 122 cm³/mol. The fourth-order valence-corrected chi connectivity index (χ4v) is 3.64. The maximum Gasteiger partial charge on any atom is 0.251 e. The minimum absolute atomic E-state index is 0.138. The molecule has 0 spiro atoms. The van der Waals surface area contributed by atoms with E-state index in [1.54, 1.807) is 45.6 Å². The third-order valence-electron chi connectivity index (χ3n) is 5.34. The first-order valence-corrected chi connectivity index (χ1v) is 10.3. The van der Waals surface area contributed by atoms with Crippen LogP contribution in [0.5, 0.6) is 17.2 Å². The summed E-state index contributed by atoms with van der Waals surface area (Å²) in [7, 11) is 4.85. The molecule has 0 aromatic heterocycles. The molecule has 0 aliphatic heterocycles. The van der Waals surface area contributed by atoms with Crippen LogP contribution in [0.25, 0.3) is 0 Å². The van der Waals surface area contributed by atoms with E-state index < -0.39 is 0 Å². The number of hydrogen-bond donors (Lipinski definition) is 1. The lowest BCUT2D eigenvalue weighted by Gasteiger charge is -2.24. The summed E-state index contributed by atoms with van der Waals surface area (Å²) >= 11 is 0. The number of aryl methyl sites for hydroxylation is 1. The van der Waals surface area contributed by atoms with Crippen LogP contribution < -0.4 is 19.5 Å². The summed E-state index contributed by atoms with van der Waals surface area (Å²) in [5.74, 6) is 1.90. The number of hydrogen-bond acceptors (Lipinski definition) is 4. The minimum atomic E-state index is -0.230. The standard InChI is InChI=1S/C26H29NO4/c1-5-19-16-24(30-3)25(31-4)17-22(19)23(15-18-9-7-6-8-10-18)27-26(28)20-11-13-21(29-2)14-12-20/h6-14,16-17,23H,5,15H2,1-4H3,(H,27,28)/t23-/m0/s1. The first kappa shape index (κ1) is 22.2. The van der Waals surface area contributed by atoms with E-state index >= 15 is 0 Å². The van der Waals surface area contributed by atoms with E-state index in [0.29, 0.717) is 29.2 Å². The van der Waals surface area contributed by atoms with Crippen molar-refractivity contribution in [1.82, 2.24) is 5.32 Å². The zero-order valence-electron chi connectivity index (χ0n) is 18.5. The molecule has 1 N–H and O–H groups in total. The molecule has 0 saturated carbocycles. The molecule has 1 amide bonds. The van der Waals surface area contributed by atoms with Crippen LogP contribution in [0.1, 0.15) is 40.0 Å². The predicted octanol–water partition coefficient (Wildman–Crippen LogP) is 4.99. The second kappa shape index (κ2) is 10.5. The van der Waals surface area contributed by atoms with Gasteiger partial charge in [0.05, 0.1) is 27.4 Å². The van der Waals surface area contributed by atoms with Gasteiger partial charge in [0, 0.05) is 5.56 Å². The van der Waals surface area contributed by atoms with Crippen molar-refractivity contribution in [3.8, 4) is 17.2 Å². The van der Waals surface area contributed by atoms with Crippen LogP contribution in [0, 0.1) is 0 Å². The maximum atomic E-state index is 13.1. The molecule has 0 bridgehead atoms. The molecule has 0 unspecified atom stereocenters. The van der Waals surface area contributed by atoms with Gasteiger partial charge in [-0.3, -0.25) is 4.79 Å². The van der Waals surface area contributed by atoms with Gasteiger partial charge in [-0.05, 0) is 65.9 Å². The Kier molecular flexibility index (Phi) is 7.55. The molecule has 5 heteroatoms. The molecular weight excluding hydrogens is 390 g/mol. The van der Waals surface area contributed by atoms with E-state index in [1.807, 2.05) is 30.3 Å². The quantitative estimate of drug-likeness (QED) is 0.531. The topological polar surface area (TPSA) is 56.8 Å². The number of benzene rings is 3. The summed E-state index contributed by atoms with van der Waals surface area (Å²) in [6, 6.07) is 21.0. The molecule has 5 nitrogen and oxygen atoms in total. The number of amides is 1. The van der Waals surface area contributed by atoms with Crippen molar-refractivity contribution in [3.05, 3.63) is 89.0 Å². The van der Waals surface area contributed by atoms with Crippen LogP contribution in [0.3, 0.4) is 0 Å². The summed E-state index contributed by atoms with van der Waals surface area (Å²) in [6.07, 6.45) is 1.46. The second-order valence-corrected chi connectivity index (χ2v) is 7.20. The van der Waals surface area contributed by atoms with Crippen LogP contribution in [0.15, 0.2) is 66.7 Å². The molecule has 1 atom stereocenters. The van der Waals surface area contributed by atoms with Gasteiger partial charge in [-0.15, -0.1) is 0 Å². The van der Waals surface area contributed by atoms with Gasteiger partial charge in [0.15, 0.2) is 11.5 Å². The Balaban J connectivity index is 1.99. The molecule has 31 heavy (non-hydrogen) atoms. The Morgan fingerprint density at radius 1 is 0.871 bits per heavy atom. The zero-order chi connectivity index (χ0) is 22.2. The summed E-state index contributed by atoms with van der Waals surface area (Å²) in [6.45, 7) is 2.09. The molecule has 0 heterocycles. The molecule has 162 valence electrons. The second-order valence-electron chi connectivity index (χ2n) is 7.20. The molecule has 0 aliphatic carbocycles. The van der Waals surface area contributed by atoms with Crippen molar-refractivity contribution < 1.29 is 19.0 Å². The van der Waals surface area contributed by atoms with Gasteiger partial charge in [-0.1, -0.05) is 37.3 Å². The molecule has 0 radical (unpaired) electrons. The highest BCUT2D eigenvalue weighted by Gasteiger charge is 2.21. The largest absolute Gasteiger partial charge is 0.497 e. The Labute approximate surface area is 184 Å². The summed E-state index contributed by atoms with van der Waals surface area (Å²) in [5.41, 5.74) is 3.84. The monoisotopic (exact) mass is 419 g/mol. The van der Waals surface area contributed by atoms with Crippen molar-refractivity contribution in [1.29, 1.82) is 0 Å². The van der Waals surface area contributed by atoms with E-state index in [4.69, 9.17) is 14.2 Å². The molecular formula is C26H29NO4. The van der Waals surface area contributed by atoms with Crippen LogP contribution in [-0.2, 0) is 12.8 Å².